The average Bonchev–Trinajstić information content (AvgIpc) is 2.81. The van der Waals surface area contributed by atoms with E-state index in [0.29, 0.717) is 6.42 Å². The van der Waals surface area contributed by atoms with Crippen LogP contribution in [0.4, 0.5) is 0 Å². The average molecular weight is 281 g/mol. The number of carbonyl (C=O) groups is 2. The Morgan fingerprint density at radius 1 is 1.53 bits per heavy atom. The fourth-order valence-electron chi connectivity index (χ4n) is 1.93. The van der Waals surface area contributed by atoms with Crippen molar-refractivity contribution in [2.24, 2.45) is 0 Å². The van der Waals surface area contributed by atoms with Gasteiger partial charge in [-0.1, -0.05) is 18.2 Å². The molecule has 0 bridgehead atoms. The number of aliphatic carboxylic acids is 1. The van der Waals surface area contributed by atoms with E-state index in [1.807, 2.05) is 24.3 Å². The lowest BCUT2D eigenvalue weighted by Gasteiger charge is -2.16. The SMILES string of the molecule is COCC(NC(=O)C1Cc2ccccc2S1)C(=O)O. The van der Waals surface area contributed by atoms with Crippen molar-refractivity contribution in [1.29, 1.82) is 0 Å². The molecule has 6 heteroatoms. The maximum atomic E-state index is 12.1. The van der Waals surface area contributed by atoms with Crippen LogP contribution in [0.25, 0.3) is 0 Å². The van der Waals surface area contributed by atoms with Crippen molar-refractivity contribution in [2.45, 2.75) is 22.6 Å². The van der Waals surface area contributed by atoms with Crippen LogP contribution < -0.4 is 5.32 Å². The molecule has 1 aliphatic rings. The molecule has 0 saturated carbocycles. The zero-order valence-corrected chi connectivity index (χ0v) is 11.3. The Labute approximate surface area is 115 Å². The van der Waals surface area contributed by atoms with Gasteiger partial charge in [0, 0.05) is 12.0 Å². The number of benzene rings is 1. The third-order valence-electron chi connectivity index (χ3n) is 2.89. The molecule has 2 unspecified atom stereocenters. The summed E-state index contributed by atoms with van der Waals surface area (Å²) in [5.41, 5.74) is 1.13. The van der Waals surface area contributed by atoms with Gasteiger partial charge in [-0.2, -0.15) is 0 Å². The molecule has 102 valence electrons. The van der Waals surface area contributed by atoms with Crippen molar-refractivity contribution < 1.29 is 19.4 Å². The summed E-state index contributed by atoms with van der Waals surface area (Å²) in [5.74, 6) is -1.35. The summed E-state index contributed by atoms with van der Waals surface area (Å²) in [6.45, 7) is -0.0363. The van der Waals surface area contributed by atoms with Crippen LogP contribution in [0.2, 0.25) is 0 Å². The van der Waals surface area contributed by atoms with Gasteiger partial charge in [-0.3, -0.25) is 4.79 Å². The molecule has 1 aromatic rings. The maximum Gasteiger partial charge on any atom is 0.328 e. The van der Waals surface area contributed by atoms with Crippen molar-refractivity contribution in [3.05, 3.63) is 29.8 Å². The summed E-state index contributed by atoms with van der Waals surface area (Å²) in [7, 11) is 1.41. The third kappa shape index (κ3) is 3.27. The highest BCUT2D eigenvalue weighted by Gasteiger charge is 2.30. The topological polar surface area (TPSA) is 75.6 Å². The van der Waals surface area contributed by atoms with Gasteiger partial charge in [-0.25, -0.2) is 4.79 Å². The molecule has 1 heterocycles. The molecule has 0 fully saturated rings. The van der Waals surface area contributed by atoms with E-state index in [2.05, 4.69) is 5.32 Å². The number of thioether (sulfide) groups is 1. The van der Waals surface area contributed by atoms with Crippen molar-refractivity contribution >= 4 is 23.6 Å². The first-order valence-electron chi connectivity index (χ1n) is 5.88. The molecule has 2 atom stereocenters. The molecule has 19 heavy (non-hydrogen) atoms. The normalized spacial score (nSPS) is 18.7. The highest BCUT2D eigenvalue weighted by molar-refractivity contribution is 8.01. The number of ether oxygens (including phenoxy) is 1. The largest absolute Gasteiger partial charge is 0.480 e. The summed E-state index contributed by atoms with van der Waals surface area (Å²) in [5, 5.41) is 11.2. The first-order valence-corrected chi connectivity index (χ1v) is 6.76. The molecular weight excluding hydrogens is 266 g/mol. The van der Waals surface area contributed by atoms with Crippen LogP contribution in [-0.2, 0) is 20.7 Å². The third-order valence-corrected chi connectivity index (χ3v) is 4.20. The molecule has 0 spiro atoms. The van der Waals surface area contributed by atoms with Gasteiger partial charge in [-0.15, -0.1) is 11.8 Å². The lowest BCUT2D eigenvalue weighted by molar-refractivity contribution is -0.143. The minimum atomic E-state index is -1.09. The van der Waals surface area contributed by atoms with E-state index in [1.54, 1.807) is 0 Å². The van der Waals surface area contributed by atoms with Crippen LogP contribution in [0.3, 0.4) is 0 Å². The standard InChI is InChI=1S/C13H15NO4S/c1-18-7-9(13(16)17)14-12(15)11-6-8-4-2-3-5-10(8)19-11/h2-5,9,11H,6-7H2,1H3,(H,14,15)(H,16,17). The quantitative estimate of drug-likeness (QED) is 0.839. The summed E-state index contributed by atoms with van der Waals surface area (Å²) in [4.78, 5) is 24.1. The van der Waals surface area contributed by atoms with Gasteiger partial charge in [0.2, 0.25) is 5.91 Å². The number of hydrogen-bond acceptors (Lipinski definition) is 4. The van der Waals surface area contributed by atoms with E-state index in [9.17, 15) is 9.59 Å². The minimum Gasteiger partial charge on any atom is -0.480 e. The number of carboxylic acids is 1. The number of nitrogens with one attached hydrogen (secondary N) is 1. The minimum absolute atomic E-state index is 0.0363. The first-order chi connectivity index (χ1) is 9.11. The Morgan fingerprint density at radius 2 is 2.26 bits per heavy atom. The number of methoxy groups -OCH3 is 1. The van der Waals surface area contributed by atoms with E-state index in [1.165, 1.54) is 18.9 Å². The molecule has 2 rings (SSSR count). The summed E-state index contributed by atoms with van der Waals surface area (Å²) in [6, 6.07) is 6.82. The molecule has 1 amide bonds. The maximum absolute atomic E-state index is 12.1. The van der Waals surface area contributed by atoms with Crippen molar-refractivity contribution in [3.8, 4) is 0 Å². The number of carboxylic acid groups (broad SMARTS) is 1. The number of amides is 1. The smallest absolute Gasteiger partial charge is 0.328 e. The number of hydrogen-bond donors (Lipinski definition) is 2. The molecule has 2 N–H and O–H groups in total. The van der Waals surface area contributed by atoms with Crippen molar-refractivity contribution in [2.75, 3.05) is 13.7 Å². The fraction of sp³-hybridized carbons (Fsp3) is 0.385. The predicted molar refractivity (Wildman–Crippen MR) is 71.2 cm³/mol. The van der Waals surface area contributed by atoms with Crippen molar-refractivity contribution in [1.82, 2.24) is 5.32 Å². The lowest BCUT2D eigenvalue weighted by Crippen LogP contribution is -2.47. The highest BCUT2D eigenvalue weighted by atomic mass is 32.2. The highest BCUT2D eigenvalue weighted by Crippen LogP contribution is 2.36. The van der Waals surface area contributed by atoms with Crippen LogP contribution in [-0.4, -0.2) is 42.0 Å². The molecule has 0 radical (unpaired) electrons. The Kier molecular flexibility index (Phi) is 4.44. The van der Waals surface area contributed by atoms with Crippen LogP contribution in [0.5, 0.6) is 0 Å². The zero-order valence-electron chi connectivity index (χ0n) is 10.5. The Morgan fingerprint density at radius 3 is 2.89 bits per heavy atom. The molecular formula is C13H15NO4S. The number of fused-ring (bicyclic) bond motifs is 1. The van der Waals surface area contributed by atoms with Gasteiger partial charge in [-0.05, 0) is 18.1 Å². The van der Waals surface area contributed by atoms with Crippen molar-refractivity contribution in [3.63, 3.8) is 0 Å². The first kappa shape index (κ1) is 13.9. The van der Waals surface area contributed by atoms with E-state index in [-0.39, 0.29) is 17.8 Å². The van der Waals surface area contributed by atoms with Crippen LogP contribution in [0, 0.1) is 0 Å². The fourth-order valence-corrected chi connectivity index (χ4v) is 3.14. The Balaban J connectivity index is 1.97. The van der Waals surface area contributed by atoms with Gasteiger partial charge in [0.1, 0.15) is 0 Å². The van der Waals surface area contributed by atoms with Gasteiger partial charge in [0.05, 0.1) is 11.9 Å². The summed E-state index contributed by atoms with van der Waals surface area (Å²) >= 11 is 1.47. The number of carbonyl (C=O) groups excluding carboxylic acids is 1. The molecule has 0 saturated heterocycles. The van der Waals surface area contributed by atoms with Crippen LogP contribution in [0.15, 0.2) is 29.2 Å². The summed E-state index contributed by atoms with van der Waals surface area (Å²) < 4.78 is 4.79. The second kappa shape index (κ2) is 6.08. The monoisotopic (exact) mass is 281 g/mol. The predicted octanol–water partition coefficient (Wildman–Crippen LogP) is 0.919. The Bertz CT molecular complexity index is 466. The molecule has 5 nitrogen and oxygen atoms in total. The van der Waals surface area contributed by atoms with E-state index in [0.717, 1.165) is 10.5 Å². The zero-order chi connectivity index (χ0) is 13.8. The van der Waals surface area contributed by atoms with E-state index < -0.39 is 12.0 Å². The molecule has 1 aliphatic heterocycles. The molecule has 1 aromatic carbocycles. The Hall–Kier alpha value is -1.53. The second-order valence-electron chi connectivity index (χ2n) is 4.27. The number of rotatable bonds is 5. The van der Waals surface area contributed by atoms with Gasteiger partial charge >= 0.3 is 5.97 Å². The van der Waals surface area contributed by atoms with Gasteiger partial charge in [0.25, 0.3) is 0 Å². The van der Waals surface area contributed by atoms with E-state index in [4.69, 9.17) is 9.84 Å². The molecule has 0 aliphatic carbocycles. The summed E-state index contributed by atoms with van der Waals surface area (Å²) in [6.07, 6.45) is 0.631. The molecule has 0 aromatic heterocycles. The van der Waals surface area contributed by atoms with Crippen LogP contribution >= 0.6 is 11.8 Å². The van der Waals surface area contributed by atoms with E-state index >= 15 is 0 Å². The van der Waals surface area contributed by atoms with Gasteiger partial charge in [0.15, 0.2) is 6.04 Å². The van der Waals surface area contributed by atoms with Crippen LogP contribution in [0.1, 0.15) is 5.56 Å². The lowest BCUT2D eigenvalue weighted by atomic mass is 10.1. The van der Waals surface area contributed by atoms with Gasteiger partial charge < -0.3 is 15.2 Å². The second-order valence-corrected chi connectivity index (χ2v) is 5.52.